The smallest absolute Gasteiger partial charge is 0.177 e. The second-order valence-corrected chi connectivity index (χ2v) is 7.39. The molecule has 1 aromatic carbocycles. The molecule has 0 radical (unpaired) electrons. The average Bonchev–Trinajstić information content (AvgIpc) is 2.13. The van der Waals surface area contributed by atoms with Gasteiger partial charge in [-0.2, -0.15) is 0 Å². The number of nitrogens with one attached hydrogen (secondary N) is 1. The molecule has 0 aliphatic rings. The van der Waals surface area contributed by atoms with E-state index in [0.29, 0.717) is 11.4 Å². The van der Waals surface area contributed by atoms with Gasteiger partial charge >= 0.3 is 0 Å². The molecule has 0 saturated carbocycles. The molecule has 1 aromatic rings. The lowest BCUT2D eigenvalue weighted by atomic mass is 9.97. The van der Waals surface area contributed by atoms with Crippen LogP contribution in [0.25, 0.3) is 0 Å². The first-order valence-corrected chi connectivity index (χ1v) is 7.33. The molecule has 0 aliphatic carbocycles. The van der Waals surface area contributed by atoms with Crippen molar-refractivity contribution in [2.75, 3.05) is 23.9 Å². The minimum Gasteiger partial charge on any atom is -0.396 e. The van der Waals surface area contributed by atoms with E-state index in [1.54, 1.807) is 12.1 Å². The largest absolute Gasteiger partial charge is 0.396 e. The lowest BCUT2D eigenvalue weighted by Crippen LogP contribution is -2.20. The number of nitrogen functional groups attached to an aromatic ring is 1. The van der Waals surface area contributed by atoms with Gasteiger partial charge in [-0.3, -0.25) is 0 Å². The van der Waals surface area contributed by atoms with E-state index in [9.17, 15) is 8.42 Å². The predicted molar refractivity (Wildman–Crippen MR) is 71.9 cm³/mol. The molecule has 0 bridgehead atoms. The number of anilines is 2. The van der Waals surface area contributed by atoms with Crippen LogP contribution in [0.15, 0.2) is 23.1 Å². The van der Waals surface area contributed by atoms with Crippen molar-refractivity contribution in [1.29, 1.82) is 0 Å². The van der Waals surface area contributed by atoms with Crippen molar-refractivity contribution in [2.24, 2.45) is 5.41 Å². The molecule has 0 fully saturated rings. The van der Waals surface area contributed by atoms with Crippen molar-refractivity contribution in [2.45, 2.75) is 25.7 Å². The third-order valence-corrected chi connectivity index (χ3v) is 3.43. The van der Waals surface area contributed by atoms with E-state index in [4.69, 9.17) is 5.73 Å². The van der Waals surface area contributed by atoms with Crippen LogP contribution in [0.5, 0.6) is 0 Å². The fraction of sp³-hybridized carbons (Fsp3) is 0.500. The summed E-state index contributed by atoms with van der Waals surface area (Å²) < 4.78 is 23.0. The van der Waals surface area contributed by atoms with Crippen molar-refractivity contribution < 1.29 is 8.42 Å². The summed E-state index contributed by atoms with van der Waals surface area (Å²) in [6.45, 7) is 7.01. The highest BCUT2D eigenvalue weighted by atomic mass is 32.2. The number of benzene rings is 1. The van der Waals surface area contributed by atoms with Gasteiger partial charge in [0.15, 0.2) is 9.84 Å². The second kappa shape index (κ2) is 4.56. The van der Waals surface area contributed by atoms with Crippen LogP contribution in [0, 0.1) is 5.41 Å². The van der Waals surface area contributed by atoms with Crippen molar-refractivity contribution in [3.63, 3.8) is 0 Å². The predicted octanol–water partition coefficient (Wildman–Crippen LogP) is 2.13. The quantitative estimate of drug-likeness (QED) is 0.813. The van der Waals surface area contributed by atoms with E-state index < -0.39 is 9.84 Å². The number of nitrogens with two attached hydrogens (primary N) is 1. The minimum atomic E-state index is -3.27. The maximum Gasteiger partial charge on any atom is 0.177 e. The van der Waals surface area contributed by atoms with Crippen LogP contribution < -0.4 is 11.1 Å². The zero-order valence-electron chi connectivity index (χ0n) is 10.7. The summed E-state index contributed by atoms with van der Waals surface area (Å²) in [7, 11) is -3.27. The zero-order chi connectivity index (χ0) is 13.3. The summed E-state index contributed by atoms with van der Waals surface area (Å²) in [4.78, 5) is 0.177. The number of sulfone groups is 1. The Kier molecular flexibility index (Phi) is 3.71. The summed E-state index contributed by atoms with van der Waals surface area (Å²) in [5, 5.41) is 3.18. The first kappa shape index (κ1) is 13.8. The molecule has 3 N–H and O–H groups in total. The third kappa shape index (κ3) is 3.93. The van der Waals surface area contributed by atoms with E-state index >= 15 is 0 Å². The molecule has 0 saturated heterocycles. The first-order chi connectivity index (χ1) is 7.61. The Hall–Kier alpha value is -1.23. The number of rotatable bonds is 3. The van der Waals surface area contributed by atoms with Gasteiger partial charge in [-0.05, 0) is 17.5 Å². The standard InChI is InChI=1S/C12H20N2O2S/c1-12(2,3)8-14-9-6-5-7-10(11(9)13)17(4,15)16/h5-7,14H,8,13H2,1-4H3. The lowest BCUT2D eigenvalue weighted by molar-refractivity contribution is 0.443. The molecule has 96 valence electrons. The van der Waals surface area contributed by atoms with E-state index in [2.05, 4.69) is 26.1 Å². The van der Waals surface area contributed by atoms with Crippen molar-refractivity contribution in [3.8, 4) is 0 Å². The molecule has 0 spiro atoms. The zero-order valence-corrected chi connectivity index (χ0v) is 11.6. The van der Waals surface area contributed by atoms with Crippen LogP contribution in [0.2, 0.25) is 0 Å². The Bertz CT molecular complexity index is 502. The molecule has 0 aromatic heterocycles. The van der Waals surface area contributed by atoms with Crippen LogP contribution in [0.3, 0.4) is 0 Å². The highest BCUT2D eigenvalue weighted by Gasteiger charge is 2.15. The van der Waals surface area contributed by atoms with E-state index in [1.165, 1.54) is 6.07 Å². The Balaban J connectivity index is 3.04. The monoisotopic (exact) mass is 256 g/mol. The number of hydrogen-bond donors (Lipinski definition) is 2. The summed E-state index contributed by atoms with van der Waals surface area (Å²) in [6.07, 6.45) is 1.16. The Labute approximate surface area is 103 Å². The Morgan fingerprint density at radius 1 is 1.29 bits per heavy atom. The van der Waals surface area contributed by atoms with E-state index in [1.807, 2.05) is 0 Å². The first-order valence-electron chi connectivity index (χ1n) is 5.44. The molecule has 5 heteroatoms. The second-order valence-electron chi connectivity index (χ2n) is 5.40. The van der Waals surface area contributed by atoms with Crippen LogP contribution in [0.1, 0.15) is 20.8 Å². The van der Waals surface area contributed by atoms with Gasteiger partial charge < -0.3 is 11.1 Å². The van der Waals surface area contributed by atoms with Gasteiger partial charge in [0.2, 0.25) is 0 Å². The SMILES string of the molecule is CC(C)(C)CNc1cccc(S(C)(=O)=O)c1N. The molecule has 17 heavy (non-hydrogen) atoms. The summed E-state index contributed by atoms with van der Waals surface area (Å²) >= 11 is 0. The van der Waals surface area contributed by atoms with Crippen molar-refractivity contribution in [3.05, 3.63) is 18.2 Å². The van der Waals surface area contributed by atoms with Crippen LogP contribution in [0.4, 0.5) is 11.4 Å². The van der Waals surface area contributed by atoms with Gasteiger partial charge in [0.25, 0.3) is 0 Å². The lowest BCUT2D eigenvalue weighted by Gasteiger charge is -2.21. The molecule has 0 unspecified atom stereocenters. The summed E-state index contributed by atoms with van der Waals surface area (Å²) in [6, 6.07) is 5.00. The van der Waals surface area contributed by atoms with E-state index in [-0.39, 0.29) is 10.3 Å². The minimum absolute atomic E-state index is 0.105. The normalized spacial score (nSPS) is 12.5. The topological polar surface area (TPSA) is 72.2 Å². The van der Waals surface area contributed by atoms with Gasteiger partial charge in [0.05, 0.1) is 16.3 Å². The highest BCUT2D eigenvalue weighted by Crippen LogP contribution is 2.27. The maximum atomic E-state index is 11.5. The highest BCUT2D eigenvalue weighted by molar-refractivity contribution is 7.90. The molecule has 4 nitrogen and oxygen atoms in total. The van der Waals surface area contributed by atoms with Gasteiger partial charge in [-0.1, -0.05) is 26.8 Å². The number of para-hydroxylation sites is 1. The van der Waals surface area contributed by atoms with Crippen LogP contribution >= 0.6 is 0 Å². The average molecular weight is 256 g/mol. The number of hydrogen-bond acceptors (Lipinski definition) is 4. The van der Waals surface area contributed by atoms with Crippen molar-refractivity contribution in [1.82, 2.24) is 0 Å². The van der Waals surface area contributed by atoms with Crippen LogP contribution in [-0.2, 0) is 9.84 Å². The Morgan fingerprint density at radius 2 is 1.88 bits per heavy atom. The van der Waals surface area contributed by atoms with Gasteiger partial charge in [0.1, 0.15) is 0 Å². The summed E-state index contributed by atoms with van der Waals surface area (Å²) in [5.74, 6) is 0. The van der Waals surface area contributed by atoms with Gasteiger partial charge in [0, 0.05) is 12.8 Å². The molecular formula is C12H20N2O2S. The summed E-state index contributed by atoms with van der Waals surface area (Å²) in [5.41, 5.74) is 6.92. The molecule has 0 amide bonds. The molecule has 1 rings (SSSR count). The Morgan fingerprint density at radius 3 is 2.35 bits per heavy atom. The van der Waals surface area contributed by atoms with Crippen molar-refractivity contribution >= 4 is 21.2 Å². The molecule has 0 atom stereocenters. The fourth-order valence-electron chi connectivity index (χ4n) is 1.38. The van der Waals surface area contributed by atoms with Gasteiger partial charge in [-0.15, -0.1) is 0 Å². The molecule has 0 aliphatic heterocycles. The van der Waals surface area contributed by atoms with Crippen LogP contribution in [-0.4, -0.2) is 21.2 Å². The third-order valence-electron chi connectivity index (χ3n) is 2.27. The molecular weight excluding hydrogens is 236 g/mol. The molecule has 0 heterocycles. The fourth-order valence-corrected chi connectivity index (χ4v) is 2.22. The van der Waals surface area contributed by atoms with E-state index in [0.717, 1.165) is 12.8 Å². The maximum absolute atomic E-state index is 11.5. The van der Waals surface area contributed by atoms with Gasteiger partial charge in [-0.25, -0.2) is 8.42 Å².